The van der Waals surface area contributed by atoms with Crippen molar-refractivity contribution in [3.8, 4) is 11.3 Å². The van der Waals surface area contributed by atoms with Crippen LogP contribution in [0.15, 0.2) is 71.5 Å². The molecule has 2 aromatic carbocycles. The van der Waals surface area contributed by atoms with Crippen LogP contribution in [0.5, 0.6) is 0 Å². The molecular formula is C18H16N2O3. The van der Waals surface area contributed by atoms with Crippen LogP contribution in [0.1, 0.15) is 18.6 Å². The summed E-state index contributed by atoms with van der Waals surface area (Å²) in [6.45, 7) is 1.81. The van der Waals surface area contributed by atoms with E-state index in [1.807, 2.05) is 67.6 Å². The smallest absolute Gasteiger partial charge is 0.414 e. The topological polar surface area (TPSA) is 64.4 Å². The Hall–Kier alpha value is -3.08. The van der Waals surface area contributed by atoms with Crippen LogP contribution < -0.4 is 5.32 Å². The Balaban J connectivity index is 1.69. The zero-order valence-corrected chi connectivity index (χ0v) is 12.6. The number of ether oxygens (including phenoxy) is 1. The average Bonchev–Trinajstić information content (AvgIpc) is 3.04. The van der Waals surface area contributed by atoms with Gasteiger partial charge < -0.3 is 9.15 Å². The average molecular weight is 308 g/mol. The number of anilines is 1. The van der Waals surface area contributed by atoms with Crippen LogP contribution in [0.3, 0.4) is 0 Å². The van der Waals surface area contributed by atoms with E-state index in [-0.39, 0.29) is 12.0 Å². The minimum atomic E-state index is -0.588. The number of amides is 1. The molecule has 5 nitrogen and oxygen atoms in total. The van der Waals surface area contributed by atoms with Crippen molar-refractivity contribution in [3.05, 3.63) is 72.6 Å². The highest BCUT2D eigenvalue weighted by atomic mass is 16.6. The Morgan fingerprint density at radius 1 is 1.09 bits per heavy atom. The number of nitrogens with zero attached hydrogens (tertiary/aromatic N) is 1. The third-order valence-electron chi connectivity index (χ3n) is 3.38. The third-order valence-corrected chi connectivity index (χ3v) is 3.38. The second kappa shape index (κ2) is 6.79. The second-order valence-corrected chi connectivity index (χ2v) is 4.98. The van der Waals surface area contributed by atoms with Gasteiger partial charge in [0.15, 0.2) is 6.39 Å². The molecule has 0 aliphatic rings. The fraction of sp³-hybridized carbons (Fsp3) is 0.111. The first-order valence-electron chi connectivity index (χ1n) is 7.25. The number of oxazole rings is 1. The molecule has 23 heavy (non-hydrogen) atoms. The molecule has 0 spiro atoms. The first-order valence-corrected chi connectivity index (χ1v) is 7.25. The van der Waals surface area contributed by atoms with E-state index in [0.717, 1.165) is 11.1 Å². The zero-order valence-electron chi connectivity index (χ0n) is 12.6. The van der Waals surface area contributed by atoms with E-state index in [4.69, 9.17) is 9.15 Å². The molecule has 1 unspecified atom stereocenters. The van der Waals surface area contributed by atoms with Crippen LogP contribution in [0, 0.1) is 0 Å². The normalized spacial score (nSPS) is 11.7. The van der Waals surface area contributed by atoms with Crippen molar-refractivity contribution in [2.75, 3.05) is 5.32 Å². The van der Waals surface area contributed by atoms with Crippen molar-refractivity contribution in [1.82, 2.24) is 4.98 Å². The first-order chi connectivity index (χ1) is 11.2. The maximum Gasteiger partial charge on any atom is 0.414 e. The van der Waals surface area contributed by atoms with Gasteiger partial charge in [-0.05, 0) is 12.5 Å². The van der Waals surface area contributed by atoms with Crippen LogP contribution in [0.2, 0.25) is 0 Å². The van der Waals surface area contributed by atoms with Crippen molar-refractivity contribution in [3.63, 3.8) is 0 Å². The summed E-state index contributed by atoms with van der Waals surface area (Å²) in [4.78, 5) is 16.2. The van der Waals surface area contributed by atoms with Crippen molar-refractivity contribution in [1.29, 1.82) is 0 Å². The number of carbonyl (C=O) groups excluding carboxylic acids is 1. The van der Waals surface area contributed by atoms with E-state index in [9.17, 15) is 4.79 Å². The Kier molecular flexibility index (Phi) is 4.38. The van der Waals surface area contributed by atoms with Crippen molar-refractivity contribution in [2.24, 2.45) is 0 Å². The van der Waals surface area contributed by atoms with Crippen LogP contribution in [-0.4, -0.2) is 11.1 Å². The third kappa shape index (κ3) is 3.58. The predicted octanol–water partition coefficient (Wildman–Crippen LogP) is 4.65. The monoisotopic (exact) mass is 308 g/mol. The van der Waals surface area contributed by atoms with E-state index < -0.39 is 6.09 Å². The van der Waals surface area contributed by atoms with Gasteiger partial charge in [0.2, 0.25) is 5.88 Å². The lowest BCUT2D eigenvalue weighted by Crippen LogP contribution is -2.16. The predicted molar refractivity (Wildman–Crippen MR) is 86.9 cm³/mol. The maximum atomic E-state index is 12.1. The summed E-state index contributed by atoms with van der Waals surface area (Å²) in [6.07, 6.45) is 0.341. The minimum Gasteiger partial charge on any atom is -0.441 e. The molecule has 0 aliphatic heterocycles. The van der Waals surface area contributed by atoms with E-state index in [2.05, 4.69) is 10.3 Å². The fourth-order valence-corrected chi connectivity index (χ4v) is 2.21. The molecule has 5 heteroatoms. The van der Waals surface area contributed by atoms with Crippen molar-refractivity contribution < 1.29 is 13.9 Å². The zero-order chi connectivity index (χ0) is 16.1. The van der Waals surface area contributed by atoms with Gasteiger partial charge in [-0.25, -0.2) is 9.78 Å². The molecule has 1 amide bonds. The van der Waals surface area contributed by atoms with Gasteiger partial charge in [-0.3, -0.25) is 5.32 Å². The summed E-state index contributed by atoms with van der Waals surface area (Å²) in [5.41, 5.74) is 2.34. The lowest BCUT2D eigenvalue weighted by Gasteiger charge is -2.13. The number of benzene rings is 2. The Bertz CT molecular complexity index is 769. The van der Waals surface area contributed by atoms with E-state index in [1.54, 1.807) is 0 Å². The van der Waals surface area contributed by atoms with Gasteiger partial charge in [0.05, 0.1) is 0 Å². The van der Waals surface area contributed by atoms with E-state index >= 15 is 0 Å². The quantitative estimate of drug-likeness (QED) is 0.762. The number of hydrogen-bond donors (Lipinski definition) is 1. The number of aromatic nitrogens is 1. The summed E-state index contributed by atoms with van der Waals surface area (Å²) in [7, 11) is 0. The Morgan fingerprint density at radius 3 is 2.43 bits per heavy atom. The molecule has 0 bridgehead atoms. The SMILES string of the molecule is CC(OC(=O)Nc1ocnc1-c1ccccc1)c1ccccc1. The highest BCUT2D eigenvalue weighted by Gasteiger charge is 2.16. The summed E-state index contributed by atoms with van der Waals surface area (Å²) in [6, 6.07) is 19.0. The minimum absolute atomic E-state index is 0.265. The molecule has 0 saturated heterocycles. The molecule has 1 aromatic heterocycles. The lowest BCUT2D eigenvalue weighted by atomic mass is 10.1. The number of carbonyl (C=O) groups is 1. The molecule has 116 valence electrons. The van der Waals surface area contributed by atoms with Gasteiger partial charge in [-0.2, -0.15) is 0 Å². The van der Waals surface area contributed by atoms with Gasteiger partial charge in [0, 0.05) is 5.56 Å². The molecule has 0 saturated carbocycles. The van der Waals surface area contributed by atoms with Crippen LogP contribution in [0.25, 0.3) is 11.3 Å². The van der Waals surface area contributed by atoms with Gasteiger partial charge in [-0.1, -0.05) is 60.7 Å². The standard InChI is InChI=1S/C18H16N2O3/c1-13(14-8-4-2-5-9-14)23-18(21)20-17-16(19-12-22-17)15-10-6-3-7-11-15/h2-13H,1H3,(H,20,21). The highest BCUT2D eigenvalue weighted by molar-refractivity contribution is 5.87. The van der Waals surface area contributed by atoms with Crippen LogP contribution >= 0.6 is 0 Å². The van der Waals surface area contributed by atoms with Gasteiger partial charge in [0.25, 0.3) is 0 Å². The number of rotatable bonds is 4. The maximum absolute atomic E-state index is 12.1. The summed E-state index contributed by atoms with van der Waals surface area (Å²) in [5, 5.41) is 2.60. The second-order valence-electron chi connectivity index (χ2n) is 4.98. The lowest BCUT2D eigenvalue weighted by molar-refractivity contribution is 0.120. The van der Waals surface area contributed by atoms with Crippen LogP contribution in [-0.2, 0) is 4.74 Å². The van der Waals surface area contributed by atoms with Crippen LogP contribution in [0.4, 0.5) is 10.7 Å². The molecule has 1 N–H and O–H groups in total. The fourth-order valence-electron chi connectivity index (χ4n) is 2.21. The summed E-state index contributed by atoms with van der Waals surface area (Å²) in [5.74, 6) is 0.265. The summed E-state index contributed by atoms with van der Waals surface area (Å²) >= 11 is 0. The molecule has 3 rings (SSSR count). The molecule has 0 radical (unpaired) electrons. The Morgan fingerprint density at radius 2 is 1.74 bits per heavy atom. The van der Waals surface area contributed by atoms with Crippen molar-refractivity contribution in [2.45, 2.75) is 13.0 Å². The number of hydrogen-bond acceptors (Lipinski definition) is 4. The molecule has 0 fully saturated rings. The van der Waals surface area contributed by atoms with E-state index in [0.29, 0.717) is 5.69 Å². The number of nitrogens with one attached hydrogen (secondary N) is 1. The molecular weight excluding hydrogens is 292 g/mol. The Labute approximate surface area is 133 Å². The van der Waals surface area contributed by atoms with Crippen molar-refractivity contribution >= 4 is 12.0 Å². The van der Waals surface area contributed by atoms with Gasteiger partial charge in [-0.15, -0.1) is 0 Å². The van der Waals surface area contributed by atoms with Gasteiger partial charge >= 0.3 is 6.09 Å². The van der Waals surface area contributed by atoms with E-state index in [1.165, 1.54) is 6.39 Å². The highest BCUT2D eigenvalue weighted by Crippen LogP contribution is 2.26. The summed E-state index contributed by atoms with van der Waals surface area (Å²) < 4.78 is 10.6. The molecule has 3 aromatic rings. The molecule has 0 aliphatic carbocycles. The largest absolute Gasteiger partial charge is 0.441 e. The first kappa shape index (κ1) is 14.8. The van der Waals surface area contributed by atoms with Gasteiger partial charge in [0.1, 0.15) is 11.8 Å². The molecule has 1 heterocycles. The molecule has 1 atom stereocenters.